The second-order valence-corrected chi connectivity index (χ2v) is 5.64. The molecule has 1 saturated heterocycles. The quantitative estimate of drug-likeness (QED) is 0.884. The fraction of sp³-hybridized carbons (Fsp3) is 0.667. The van der Waals surface area contributed by atoms with Gasteiger partial charge in [0.05, 0.1) is 6.54 Å². The summed E-state index contributed by atoms with van der Waals surface area (Å²) in [7, 11) is 4.06. The molecule has 2 rings (SSSR count). The summed E-state index contributed by atoms with van der Waals surface area (Å²) in [4.78, 5) is 11.4. The van der Waals surface area contributed by atoms with E-state index in [1.165, 1.54) is 17.9 Å². The van der Waals surface area contributed by atoms with E-state index in [2.05, 4.69) is 27.2 Å². The molecule has 4 nitrogen and oxygen atoms in total. The van der Waals surface area contributed by atoms with Gasteiger partial charge in [0.1, 0.15) is 11.6 Å². The van der Waals surface area contributed by atoms with E-state index in [-0.39, 0.29) is 0 Å². The third kappa shape index (κ3) is 3.33. The van der Waals surface area contributed by atoms with Gasteiger partial charge in [-0.1, -0.05) is 0 Å². The van der Waals surface area contributed by atoms with Crippen LogP contribution in [-0.2, 0) is 6.54 Å². The molecule has 1 aliphatic rings. The van der Waals surface area contributed by atoms with Gasteiger partial charge < -0.3 is 5.32 Å². The Morgan fingerprint density at radius 1 is 1.53 bits per heavy atom. The Hall–Kier alpha value is -0.810. The summed E-state index contributed by atoms with van der Waals surface area (Å²) in [6.45, 7) is 2.85. The van der Waals surface area contributed by atoms with Crippen molar-refractivity contribution in [3.63, 3.8) is 0 Å². The van der Waals surface area contributed by atoms with Crippen molar-refractivity contribution in [1.82, 2.24) is 14.9 Å². The molecule has 0 radical (unpaired) electrons. The standard InChI is InChI=1S/C12H20N4S/c1-9-6-11(13-2)15-12(14-9)7-16(3)10-4-5-17-8-10/h6,10H,4-5,7-8H2,1-3H3,(H,13,14,15). The molecule has 5 heteroatoms. The molecule has 1 unspecified atom stereocenters. The van der Waals surface area contributed by atoms with E-state index in [1.807, 2.05) is 31.8 Å². The lowest BCUT2D eigenvalue weighted by atomic mass is 10.2. The van der Waals surface area contributed by atoms with Crippen LogP contribution in [0.3, 0.4) is 0 Å². The van der Waals surface area contributed by atoms with Gasteiger partial charge in [-0.05, 0) is 26.1 Å². The minimum absolute atomic E-state index is 0.683. The molecule has 0 aliphatic carbocycles. The lowest BCUT2D eigenvalue weighted by Gasteiger charge is -2.22. The maximum atomic E-state index is 4.49. The predicted octanol–water partition coefficient (Wildman–Crippen LogP) is 1.76. The SMILES string of the molecule is CNc1cc(C)nc(CN(C)C2CCSC2)n1. The molecule has 0 aromatic carbocycles. The number of anilines is 1. The van der Waals surface area contributed by atoms with Gasteiger partial charge in [-0.3, -0.25) is 4.90 Å². The minimum atomic E-state index is 0.683. The summed E-state index contributed by atoms with van der Waals surface area (Å²) in [5, 5.41) is 3.08. The molecule has 94 valence electrons. The van der Waals surface area contributed by atoms with Crippen LogP contribution in [0.25, 0.3) is 0 Å². The number of aromatic nitrogens is 2. The summed E-state index contributed by atoms with van der Waals surface area (Å²) in [6.07, 6.45) is 1.28. The predicted molar refractivity (Wildman–Crippen MR) is 73.5 cm³/mol. The van der Waals surface area contributed by atoms with Crippen molar-refractivity contribution >= 4 is 17.6 Å². The van der Waals surface area contributed by atoms with Crippen LogP contribution < -0.4 is 5.32 Å². The summed E-state index contributed by atoms with van der Waals surface area (Å²) in [5.41, 5.74) is 1.02. The molecule has 1 aliphatic heterocycles. The molecule has 17 heavy (non-hydrogen) atoms. The van der Waals surface area contributed by atoms with Crippen LogP contribution >= 0.6 is 11.8 Å². The van der Waals surface area contributed by atoms with Crippen LogP contribution in [0.1, 0.15) is 17.9 Å². The van der Waals surface area contributed by atoms with Gasteiger partial charge in [-0.2, -0.15) is 11.8 Å². The van der Waals surface area contributed by atoms with Crippen molar-refractivity contribution in [3.05, 3.63) is 17.6 Å². The Balaban J connectivity index is 2.04. The van der Waals surface area contributed by atoms with Crippen molar-refractivity contribution < 1.29 is 0 Å². The largest absolute Gasteiger partial charge is 0.373 e. The molecule has 1 aromatic heterocycles. The first-order valence-corrected chi connectivity index (χ1v) is 7.15. The molecule has 1 N–H and O–H groups in total. The van der Waals surface area contributed by atoms with Gasteiger partial charge in [-0.25, -0.2) is 9.97 Å². The van der Waals surface area contributed by atoms with Gasteiger partial charge in [0.25, 0.3) is 0 Å². The van der Waals surface area contributed by atoms with Gasteiger partial charge in [-0.15, -0.1) is 0 Å². The highest BCUT2D eigenvalue weighted by atomic mass is 32.2. The van der Waals surface area contributed by atoms with E-state index in [4.69, 9.17) is 0 Å². The fourth-order valence-electron chi connectivity index (χ4n) is 2.05. The van der Waals surface area contributed by atoms with E-state index in [0.717, 1.165) is 23.9 Å². The molecule has 1 atom stereocenters. The Morgan fingerprint density at radius 2 is 2.35 bits per heavy atom. The second-order valence-electron chi connectivity index (χ2n) is 4.49. The zero-order valence-corrected chi connectivity index (χ0v) is 11.5. The molecule has 0 bridgehead atoms. The summed E-state index contributed by atoms with van der Waals surface area (Å²) in [6, 6.07) is 2.65. The number of aryl methyl sites for hydroxylation is 1. The van der Waals surface area contributed by atoms with E-state index in [1.54, 1.807) is 0 Å². The molecule has 1 fully saturated rings. The van der Waals surface area contributed by atoms with Gasteiger partial charge in [0.2, 0.25) is 0 Å². The molecule has 0 amide bonds. The van der Waals surface area contributed by atoms with Crippen LogP contribution in [0.5, 0.6) is 0 Å². The number of hydrogen-bond donors (Lipinski definition) is 1. The first kappa shape index (κ1) is 12.6. The van der Waals surface area contributed by atoms with Crippen molar-refractivity contribution in [2.75, 3.05) is 30.9 Å². The number of thioether (sulfide) groups is 1. The Labute approximate surface area is 107 Å². The molecule has 0 saturated carbocycles. The Bertz CT molecular complexity index is 377. The van der Waals surface area contributed by atoms with E-state index in [0.29, 0.717) is 6.04 Å². The van der Waals surface area contributed by atoms with Crippen molar-refractivity contribution in [2.45, 2.75) is 25.9 Å². The van der Waals surface area contributed by atoms with Crippen molar-refractivity contribution in [1.29, 1.82) is 0 Å². The van der Waals surface area contributed by atoms with Crippen molar-refractivity contribution in [2.24, 2.45) is 0 Å². The third-order valence-corrected chi connectivity index (χ3v) is 4.22. The fourth-order valence-corrected chi connectivity index (χ4v) is 3.35. The molecular formula is C12H20N4S. The van der Waals surface area contributed by atoms with Crippen LogP contribution in [0, 0.1) is 6.92 Å². The second kappa shape index (κ2) is 5.69. The van der Waals surface area contributed by atoms with E-state index >= 15 is 0 Å². The first-order chi connectivity index (χ1) is 8.19. The highest BCUT2D eigenvalue weighted by molar-refractivity contribution is 7.99. The number of hydrogen-bond acceptors (Lipinski definition) is 5. The lowest BCUT2D eigenvalue weighted by Crippen LogP contribution is -2.31. The molecule has 0 spiro atoms. The highest BCUT2D eigenvalue weighted by Crippen LogP contribution is 2.22. The number of nitrogens with zero attached hydrogens (tertiary/aromatic N) is 3. The average molecular weight is 252 g/mol. The topological polar surface area (TPSA) is 41.1 Å². The van der Waals surface area contributed by atoms with Gasteiger partial charge in [0, 0.05) is 30.6 Å². The molecular weight excluding hydrogens is 232 g/mol. The van der Waals surface area contributed by atoms with Crippen LogP contribution in [0.4, 0.5) is 5.82 Å². The normalized spacial score (nSPS) is 19.9. The smallest absolute Gasteiger partial charge is 0.144 e. The average Bonchev–Trinajstić information content (AvgIpc) is 2.81. The maximum absolute atomic E-state index is 4.49. The summed E-state index contributed by atoms with van der Waals surface area (Å²) < 4.78 is 0. The monoisotopic (exact) mass is 252 g/mol. The van der Waals surface area contributed by atoms with E-state index in [9.17, 15) is 0 Å². The number of nitrogens with one attached hydrogen (secondary N) is 1. The third-order valence-electron chi connectivity index (χ3n) is 3.08. The maximum Gasteiger partial charge on any atom is 0.144 e. The molecule has 2 heterocycles. The zero-order chi connectivity index (χ0) is 12.3. The van der Waals surface area contributed by atoms with Crippen LogP contribution in [0.2, 0.25) is 0 Å². The minimum Gasteiger partial charge on any atom is -0.373 e. The molecule has 1 aromatic rings. The summed E-state index contributed by atoms with van der Waals surface area (Å²) >= 11 is 2.04. The van der Waals surface area contributed by atoms with Crippen LogP contribution in [-0.4, -0.2) is 46.5 Å². The Kier molecular flexibility index (Phi) is 4.23. The lowest BCUT2D eigenvalue weighted by molar-refractivity contribution is 0.248. The first-order valence-electron chi connectivity index (χ1n) is 5.99. The van der Waals surface area contributed by atoms with E-state index < -0.39 is 0 Å². The van der Waals surface area contributed by atoms with Crippen molar-refractivity contribution in [3.8, 4) is 0 Å². The van der Waals surface area contributed by atoms with Gasteiger partial charge >= 0.3 is 0 Å². The zero-order valence-electron chi connectivity index (χ0n) is 10.7. The highest BCUT2D eigenvalue weighted by Gasteiger charge is 2.20. The summed E-state index contributed by atoms with van der Waals surface area (Å²) in [5.74, 6) is 4.34. The number of rotatable bonds is 4. The van der Waals surface area contributed by atoms with Gasteiger partial charge in [0.15, 0.2) is 0 Å². The Morgan fingerprint density at radius 3 is 3.00 bits per heavy atom. The van der Waals surface area contributed by atoms with Crippen LogP contribution in [0.15, 0.2) is 6.07 Å².